The van der Waals surface area contributed by atoms with Crippen LogP contribution in [0.3, 0.4) is 0 Å². The lowest BCUT2D eigenvalue weighted by Crippen LogP contribution is -2.32. The molecule has 0 aliphatic carbocycles. The monoisotopic (exact) mass is 362 g/mol. The highest BCUT2D eigenvalue weighted by Crippen LogP contribution is 2.28. The third kappa shape index (κ3) is 3.09. The van der Waals surface area contributed by atoms with Crippen LogP contribution in [0.25, 0.3) is 6.08 Å². The fourth-order valence-corrected chi connectivity index (χ4v) is 3.40. The van der Waals surface area contributed by atoms with Gasteiger partial charge in [-0.15, -0.1) is 11.3 Å². The fraction of sp³-hybridized carbons (Fsp3) is 0.0476. The van der Waals surface area contributed by atoms with Crippen molar-refractivity contribution in [3.63, 3.8) is 0 Å². The summed E-state index contributed by atoms with van der Waals surface area (Å²) < 4.78 is 13.3. The summed E-state index contributed by atoms with van der Waals surface area (Å²) in [5, 5.41) is 1.95. The number of halogens is 1. The van der Waals surface area contributed by atoms with Crippen LogP contribution in [0.1, 0.15) is 16.0 Å². The molecule has 0 saturated carbocycles. The first-order valence-electron chi connectivity index (χ1n) is 8.13. The Morgan fingerprint density at radius 2 is 1.77 bits per heavy atom. The van der Waals surface area contributed by atoms with E-state index in [2.05, 4.69) is 4.99 Å². The Bertz CT molecular complexity index is 1000. The number of aryl methyl sites for hydroxylation is 1. The zero-order valence-electron chi connectivity index (χ0n) is 14.0. The van der Waals surface area contributed by atoms with Crippen LogP contribution in [0.15, 0.2) is 76.7 Å². The summed E-state index contributed by atoms with van der Waals surface area (Å²) in [5.41, 5.74) is 2.90. The molecule has 1 aromatic heterocycles. The van der Waals surface area contributed by atoms with E-state index in [0.717, 1.165) is 16.1 Å². The zero-order valence-corrected chi connectivity index (χ0v) is 14.8. The maximum atomic E-state index is 13.3. The van der Waals surface area contributed by atoms with Crippen molar-refractivity contribution in [2.75, 3.05) is 4.90 Å². The fourth-order valence-electron chi connectivity index (χ4n) is 2.75. The molecule has 2 heterocycles. The van der Waals surface area contributed by atoms with Crippen molar-refractivity contribution in [3.05, 3.63) is 93.6 Å². The van der Waals surface area contributed by atoms with Crippen molar-refractivity contribution in [2.24, 2.45) is 4.99 Å². The van der Waals surface area contributed by atoms with E-state index >= 15 is 0 Å². The van der Waals surface area contributed by atoms with Gasteiger partial charge in [0.2, 0.25) is 0 Å². The zero-order chi connectivity index (χ0) is 18.1. The molecular formula is C21H15FN2OS. The first-order valence-corrected chi connectivity index (χ1v) is 9.01. The molecule has 1 aliphatic rings. The summed E-state index contributed by atoms with van der Waals surface area (Å²) >= 11 is 1.54. The summed E-state index contributed by atoms with van der Waals surface area (Å²) in [6.45, 7) is 1.99. The van der Waals surface area contributed by atoms with Crippen LogP contribution in [0.4, 0.5) is 10.1 Å². The van der Waals surface area contributed by atoms with Crippen molar-refractivity contribution in [2.45, 2.75) is 6.92 Å². The molecule has 0 spiro atoms. The van der Waals surface area contributed by atoms with Gasteiger partial charge in [-0.25, -0.2) is 9.38 Å². The van der Waals surface area contributed by atoms with E-state index in [1.54, 1.807) is 34.4 Å². The van der Waals surface area contributed by atoms with E-state index in [-0.39, 0.29) is 11.7 Å². The van der Waals surface area contributed by atoms with Crippen LogP contribution in [0.5, 0.6) is 0 Å². The van der Waals surface area contributed by atoms with Crippen LogP contribution in [-0.2, 0) is 4.79 Å². The van der Waals surface area contributed by atoms with Crippen LogP contribution < -0.4 is 4.90 Å². The minimum absolute atomic E-state index is 0.193. The SMILES string of the molecule is Cc1ccc(N2C(=O)/C(=C\c3cccs3)N=C2c2ccc(F)cc2)cc1. The molecule has 0 bridgehead atoms. The highest BCUT2D eigenvalue weighted by Gasteiger charge is 2.32. The van der Waals surface area contributed by atoms with Gasteiger partial charge in [-0.1, -0.05) is 23.8 Å². The molecule has 1 amide bonds. The third-order valence-electron chi connectivity index (χ3n) is 4.08. The Hall–Kier alpha value is -3.05. The highest BCUT2D eigenvalue weighted by atomic mass is 32.1. The summed E-state index contributed by atoms with van der Waals surface area (Å²) in [5.74, 6) is -0.0156. The highest BCUT2D eigenvalue weighted by molar-refractivity contribution is 7.10. The Labute approximate surface area is 154 Å². The minimum atomic E-state index is -0.324. The Kier molecular flexibility index (Phi) is 4.22. The molecule has 0 atom stereocenters. The van der Waals surface area contributed by atoms with Crippen LogP contribution in [0, 0.1) is 12.7 Å². The van der Waals surface area contributed by atoms with Gasteiger partial charge in [0.05, 0.1) is 5.69 Å². The number of hydrogen-bond acceptors (Lipinski definition) is 3. The van der Waals surface area contributed by atoms with Gasteiger partial charge in [0.15, 0.2) is 0 Å². The number of amides is 1. The van der Waals surface area contributed by atoms with Crippen molar-refractivity contribution in [1.82, 2.24) is 0 Å². The van der Waals surface area contributed by atoms with E-state index < -0.39 is 0 Å². The van der Waals surface area contributed by atoms with Crippen molar-refractivity contribution >= 4 is 34.8 Å². The topological polar surface area (TPSA) is 32.7 Å². The first-order chi connectivity index (χ1) is 12.6. The van der Waals surface area contributed by atoms with E-state index in [1.165, 1.54) is 12.1 Å². The maximum Gasteiger partial charge on any atom is 0.282 e. The number of amidine groups is 1. The first kappa shape index (κ1) is 16.4. The van der Waals surface area contributed by atoms with E-state index in [9.17, 15) is 9.18 Å². The quantitative estimate of drug-likeness (QED) is 0.602. The lowest BCUT2D eigenvalue weighted by molar-refractivity contribution is -0.113. The van der Waals surface area contributed by atoms with Crippen molar-refractivity contribution in [3.8, 4) is 0 Å². The van der Waals surface area contributed by atoms with Gasteiger partial charge in [0.1, 0.15) is 17.3 Å². The largest absolute Gasteiger partial charge is 0.282 e. The molecule has 26 heavy (non-hydrogen) atoms. The number of carbonyl (C=O) groups is 1. The molecule has 0 fully saturated rings. The van der Waals surface area contributed by atoms with Gasteiger partial charge in [-0.2, -0.15) is 0 Å². The van der Waals surface area contributed by atoms with Crippen LogP contribution >= 0.6 is 11.3 Å². The molecule has 5 heteroatoms. The minimum Gasteiger partial charge on any atom is -0.266 e. The number of thiophene rings is 1. The van der Waals surface area contributed by atoms with Gasteiger partial charge in [-0.05, 0) is 60.8 Å². The van der Waals surface area contributed by atoms with E-state index in [1.807, 2.05) is 48.7 Å². The second-order valence-electron chi connectivity index (χ2n) is 5.96. The average Bonchev–Trinajstić information content (AvgIpc) is 3.26. The van der Waals surface area contributed by atoms with E-state index in [4.69, 9.17) is 0 Å². The molecule has 0 saturated heterocycles. The lowest BCUT2D eigenvalue weighted by Gasteiger charge is -2.18. The molecule has 3 nitrogen and oxygen atoms in total. The molecule has 4 rings (SSSR count). The number of nitrogens with zero attached hydrogens (tertiary/aromatic N) is 2. The smallest absolute Gasteiger partial charge is 0.266 e. The molecule has 2 aromatic carbocycles. The number of rotatable bonds is 3. The van der Waals surface area contributed by atoms with E-state index in [0.29, 0.717) is 17.1 Å². The standard InChI is InChI=1S/C21H15FN2OS/c1-14-4-10-17(11-5-14)24-20(15-6-8-16(22)9-7-15)23-19(21(24)25)13-18-3-2-12-26-18/h2-13H,1H3/b19-13+. The van der Waals surface area contributed by atoms with Gasteiger partial charge < -0.3 is 0 Å². The molecule has 0 unspecified atom stereocenters. The number of benzene rings is 2. The molecule has 0 N–H and O–H groups in total. The maximum absolute atomic E-state index is 13.3. The van der Waals surface area contributed by atoms with Crippen molar-refractivity contribution < 1.29 is 9.18 Å². The predicted molar refractivity (Wildman–Crippen MR) is 104 cm³/mol. The third-order valence-corrected chi connectivity index (χ3v) is 4.90. The van der Waals surface area contributed by atoms with Crippen LogP contribution in [-0.4, -0.2) is 11.7 Å². The Morgan fingerprint density at radius 1 is 1.04 bits per heavy atom. The van der Waals surface area contributed by atoms with Gasteiger partial charge in [0, 0.05) is 10.4 Å². The summed E-state index contributed by atoms with van der Waals surface area (Å²) in [7, 11) is 0. The molecule has 128 valence electrons. The number of carbonyl (C=O) groups excluding carboxylic acids is 1. The Morgan fingerprint density at radius 3 is 2.42 bits per heavy atom. The molecule has 1 aliphatic heterocycles. The molecule has 0 radical (unpaired) electrons. The van der Waals surface area contributed by atoms with Gasteiger partial charge >= 0.3 is 0 Å². The Balaban J connectivity index is 1.82. The number of aliphatic imine (C=N–C) groups is 1. The second kappa shape index (κ2) is 6.69. The lowest BCUT2D eigenvalue weighted by atomic mass is 10.1. The molecular weight excluding hydrogens is 347 g/mol. The summed E-state index contributed by atoms with van der Waals surface area (Å²) in [6, 6.07) is 17.6. The summed E-state index contributed by atoms with van der Waals surface area (Å²) in [6.07, 6.45) is 1.78. The molecule has 3 aromatic rings. The normalized spacial score (nSPS) is 15.6. The number of anilines is 1. The van der Waals surface area contributed by atoms with Gasteiger partial charge in [0.25, 0.3) is 5.91 Å². The summed E-state index contributed by atoms with van der Waals surface area (Å²) in [4.78, 5) is 20.1. The predicted octanol–water partition coefficient (Wildman–Crippen LogP) is 5.03. The number of hydrogen-bond donors (Lipinski definition) is 0. The van der Waals surface area contributed by atoms with Gasteiger partial charge in [-0.3, -0.25) is 9.69 Å². The second-order valence-corrected chi connectivity index (χ2v) is 6.94. The van der Waals surface area contributed by atoms with Crippen molar-refractivity contribution in [1.29, 1.82) is 0 Å². The van der Waals surface area contributed by atoms with Crippen LogP contribution in [0.2, 0.25) is 0 Å². The average molecular weight is 362 g/mol.